The number of aliphatic hydroxyl groups is 1. The summed E-state index contributed by atoms with van der Waals surface area (Å²) < 4.78 is 5.61. The van der Waals surface area contributed by atoms with Crippen molar-refractivity contribution in [3.05, 3.63) is 29.8 Å². The third-order valence-corrected chi connectivity index (χ3v) is 4.06. The Labute approximate surface area is 108 Å². The highest BCUT2D eigenvalue weighted by atomic mass is 16.5. The molecule has 1 saturated heterocycles. The van der Waals surface area contributed by atoms with Crippen LogP contribution in [0.25, 0.3) is 0 Å². The first-order valence-corrected chi connectivity index (χ1v) is 6.97. The second-order valence-corrected chi connectivity index (χ2v) is 5.28. The molecule has 18 heavy (non-hydrogen) atoms. The molecule has 2 heterocycles. The minimum absolute atomic E-state index is 0.310. The molecule has 0 spiro atoms. The second kappa shape index (κ2) is 5.29. The molecule has 1 fully saturated rings. The minimum Gasteiger partial charge on any atom is -0.388 e. The van der Waals surface area contributed by atoms with Gasteiger partial charge in [-0.05, 0) is 31.7 Å². The highest BCUT2D eigenvalue weighted by Gasteiger charge is 2.27. The Bertz CT molecular complexity index is 401. The van der Waals surface area contributed by atoms with Gasteiger partial charge in [-0.15, -0.1) is 0 Å². The number of benzene rings is 1. The Morgan fingerprint density at radius 2 is 2.06 bits per heavy atom. The van der Waals surface area contributed by atoms with Crippen molar-refractivity contribution in [2.75, 3.05) is 24.7 Å². The van der Waals surface area contributed by atoms with Crippen molar-refractivity contribution >= 4 is 5.69 Å². The Balaban J connectivity index is 1.91. The van der Waals surface area contributed by atoms with Crippen LogP contribution in [0, 0.1) is 0 Å². The normalized spacial score (nSPS) is 28.6. The smallest absolute Gasteiger partial charge is 0.0810 e. The standard InChI is InChI=1S/C15H21NO2/c17-15-8-3-9-16(12-5-4-10-18-11-12)14-7-2-1-6-13(14)15/h1-2,6-7,12,15,17H,3-5,8-11H2. The summed E-state index contributed by atoms with van der Waals surface area (Å²) in [7, 11) is 0. The molecule has 0 aliphatic carbocycles. The van der Waals surface area contributed by atoms with Crippen molar-refractivity contribution in [1.29, 1.82) is 0 Å². The molecular weight excluding hydrogens is 226 g/mol. The number of hydrogen-bond acceptors (Lipinski definition) is 3. The Hall–Kier alpha value is -1.06. The highest BCUT2D eigenvalue weighted by Crippen LogP contribution is 2.34. The summed E-state index contributed by atoms with van der Waals surface area (Å²) in [6.45, 7) is 2.75. The summed E-state index contributed by atoms with van der Waals surface area (Å²) in [6, 6.07) is 8.75. The largest absolute Gasteiger partial charge is 0.388 e. The first kappa shape index (κ1) is 12.0. The van der Waals surface area contributed by atoms with Crippen LogP contribution in [0.3, 0.4) is 0 Å². The number of nitrogens with zero attached hydrogens (tertiary/aromatic N) is 1. The van der Waals surface area contributed by atoms with E-state index in [1.807, 2.05) is 6.07 Å². The molecule has 2 atom stereocenters. The molecule has 0 saturated carbocycles. The summed E-state index contributed by atoms with van der Waals surface area (Å²) in [5.74, 6) is 0. The van der Waals surface area contributed by atoms with Crippen LogP contribution in [0.5, 0.6) is 0 Å². The third-order valence-electron chi connectivity index (χ3n) is 4.06. The van der Waals surface area contributed by atoms with Crippen LogP contribution in [0.2, 0.25) is 0 Å². The van der Waals surface area contributed by atoms with E-state index in [9.17, 15) is 5.11 Å². The number of fused-ring (bicyclic) bond motifs is 1. The molecule has 3 nitrogen and oxygen atoms in total. The van der Waals surface area contributed by atoms with Gasteiger partial charge in [0.15, 0.2) is 0 Å². The van der Waals surface area contributed by atoms with Gasteiger partial charge in [-0.1, -0.05) is 18.2 Å². The number of ether oxygens (including phenoxy) is 1. The average Bonchev–Trinajstić information content (AvgIpc) is 2.60. The average molecular weight is 247 g/mol. The summed E-state index contributed by atoms with van der Waals surface area (Å²) in [5.41, 5.74) is 2.29. The first-order chi connectivity index (χ1) is 8.86. The zero-order chi connectivity index (χ0) is 12.4. The number of anilines is 1. The predicted molar refractivity (Wildman–Crippen MR) is 71.8 cm³/mol. The quantitative estimate of drug-likeness (QED) is 0.827. The van der Waals surface area contributed by atoms with Gasteiger partial charge in [0, 0.05) is 24.4 Å². The summed E-state index contributed by atoms with van der Waals surface area (Å²) in [5, 5.41) is 10.2. The molecule has 98 valence electrons. The van der Waals surface area contributed by atoms with E-state index in [-0.39, 0.29) is 6.10 Å². The van der Waals surface area contributed by atoms with Crippen molar-refractivity contribution in [2.45, 2.75) is 37.8 Å². The van der Waals surface area contributed by atoms with E-state index in [2.05, 4.69) is 23.1 Å². The molecule has 0 radical (unpaired) electrons. The lowest BCUT2D eigenvalue weighted by Gasteiger charge is -2.36. The van der Waals surface area contributed by atoms with Crippen molar-refractivity contribution in [2.24, 2.45) is 0 Å². The molecule has 3 heteroatoms. The Kier molecular flexibility index (Phi) is 3.52. The lowest BCUT2D eigenvalue weighted by molar-refractivity contribution is 0.0792. The van der Waals surface area contributed by atoms with E-state index in [0.717, 1.165) is 44.6 Å². The van der Waals surface area contributed by atoms with Gasteiger partial charge in [-0.2, -0.15) is 0 Å². The van der Waals surface area contributed by atoms with Gasteiger partial charge in [-0.3, -0.25) is 0 Å². The highest BCUT2D eigenvalue weighted by molar-refractivity contribution is 5.56. The van der Waals surface area contributed by atoms with Crippen LogP contribution in [0.4, 0.5) is 5.69 Å². The van der Waals surface area contributed by atoms with Crippen LogP contribution in [-0.4, -0.2) is 30.9 Å². The molecule has 1 aromatic rings. The molecule has 1 N–H and O–H groups in total. The van der Waals surface area contributed by atoms with E-state index in [4.69, 9.17) is 4.74 Å². The number of aliphatic hydroxyl groups excluding tert-OH is 1. The Morgan fingerprint density at radius 3 is 2.89 bits per heavy atom. The number of para-hydroxylation sites is 1. The molecule has 0 aromatic heterocycles. The van der Waals surface area contributed by atoms with Crippen LogP contribution >= 0.6 is 0 Å². The minimum atomic E-state index is -0.310. The zero-order valence-electron chi connectivity index (χ0n) is 10.7. The van der Waals surface area contributed by atoms with Crippen LogP contribution in [0.1, 0.15) is 37.4 Å². The van der Waals surface area contributed by atoms with E-state index >= 15 is 0 Å². The van der Waals surface area contributed by atoms with Gasteiger partial charge in [0.1, 0.15) is 0 Å². The van der Waals surface area contributed by atoms with Gasteiger partial charge >= 0.3 is 0 Å². The van der Waals surface area contributed by atoms with Crippen molar-refractivity contribution in [1.82, 2.24) is 0 Å². The molecule has 1 aromatic carbocycles. The monoisotopic (exact) mass is 247 g/mol. The van der Waals surface area contributed by atoms with Gasteiger partial charge < -0.3 is 14.7 Å². The van der Waals surface area contributed by atoms with Crippen molar-refractivity contribution < 1.29 is 9.84 Å². The fraction of sp³-hybridized carbons (Fsp3) is 0.600. The van der Waals surface area contributed by atoms with Gasteiger partial charge in [-0.25, -0.2) is 0 Å². The Morgan fingerprint density at radius 1 is 1.17 bits per heavy atom. The third kappa shape index (κ3) is 2.25. The summed E-state index contributed by atoms with van der Waals surface area (Å²) in [4.78, 5) is 2.45. The maximum atomic E-state index is 10.2. The van der Waals surface area contributed by atoms with E-state index in [1.54, 1.807) is 0 Å². The number of rotatable bonds is 1. The maximum absolute atomic E-state index is 10.2. The lowest BCUT2D eigenvalue weighted by atomic mass is 10.0. The fourth-order valence-corrected chi connectivity index (χ4v) is 3.11. The molecule has 0 bridgehead atoms. The topological polar surface area (TPSA) is 32.7 Å². The fourth-order valence-electron chi connectivity index (χ4n) is 3.11. The summed E-state index contributed by atoms with van der Waals surface area (Å²) in [6.07, 6.45) is 3.94. The summed E-state index contributed by atoms with van der Waals surface area (Å²) >= 11 is 0. The van der Waals surface area contributed by atoms with Crippen LogP contribution in [0.15, 0.2) is 24.3 Å². The maximum Gasteiger partial charge on any atom is 0.0810 e. The van der Waals surface area contributed by atoms with Crippen molar-refractivity contribution in [3.63, 3.8) is 0 Å². The molecule has 2 aliphatic heterocycles. The molecule has 2 unspecified atom stereocenters. The van der Waals surface area contributed by atoms with Gasteiger partial charge in [0.2, 0.25) is 0 Å². The molecule has 3 rings (SSSR count). The van der Waals surface area contributed by atoms with Crippen LogP contribution < -0.4 is 4.90 Å². The SMILES string of the molecule is OC1CCCN(C2CCCOC2)c2ccccc21. The first-order valence-electron chi connectivity index (χ1n) is 6.97. The second-order valence-electron chi connectivity index (χ2n) is 5.28. The molecule has 2 aliphatic rings. The molecule has 0 amide bonds. The lowest BCUT2D eigenvalue weighted by Crippen LogP contribution is -2.41. The zero-order valence-corrected chi connectivity index (χ0v) is 10.7. The van der Waals surface area contributed by atoms with Crippen LogP contribution in [-0.2, 0) is 4.74 Å². The number of hydrogen-bond donors (Lipinski definition) is 1. The van der Waals surface area contributed by atoms with Gasteiger partial charge in [0.05, 0.1) is 18.8 Å². The van der Waals surface area contributed by atoms with E-state index in [0.29, 0.717) is 6.04 Å². The molecular formula is C15H21NO2. The van der Waals surface area contributed by atoms with E-state index in [1.165, 1.54) is 12.1 Å². The van der Waals surface area contributed by atoms with E-state index < -0.39 is 0 Å². The van der Waals surface area contributed by atoms with Crippen molar-refractivity contribution in [3.8, 4) is 0 Å². The van der Waals surface area contributed by atoms with Gasteiger partial charge in [0.25, 0.3) is 0 Å². The predicted octanol–water partition coefficient (Wildman–Crippen LogP) is 2.50.